The van der Waals surface area contributed by atoms with Crippen molar-refractivity contribution in [3.8, 4) is 0 Å². The molecule has 0 saturated carbocycles. The zero-order valence-electron chi connectivity index (χ0n) is 11.6. The lowest BCUT2D eigenvalue weighted by Gasteiger charge is -2.35. The Morgan fingerprint density at radius 2 is 2.10 bits per heavy atom. The van der Waals surface area contributed by atoms with Gasteiger partial charge in [0.05, 0.1) is 6.61 Å². The standard InChI is InChI=1S/C11H18N4O5S/c1-15-10(19)5(12)8(14-11(15)21-2)13-9-7(18)6(17)4(16)3-20-9/h4,6-7,9,13,16-18H,3,12H2,1-2H3/t4-,6-,7+,9-/m1/s1. The Labute approximate surface area is 124 Å². The fraction of sp³-hybridized carbons (Fsp3) is 0.636. The predicted molar refractivity (Wildman–Crippen MR) is 77.1 cm³/mol. The topological polar surface area (TPSA) is 143 Å². The molecule has 4 atom stereocenters. The Kier molecular flexibility index (Phi) is 4.74. The van der Waals surface area contributed by atoms with Crippen molar-refractivity contribution in [2.24, 2.45) is 7.05 Å². The zero-order valence-corrected chi connectivity index (χ0v) is 12.4. The van der Waals surface area contributed by atoms with Crippen LogP contribution in [0.15, 0.2) is 9.95 Å². The largest absolute Gasteiger partial charge is 0.391 e. The summed E-state index contributed by atoms with van der Waals surface area (Å²) in [6, 6.07) is 0. The molecule has 1 fully saturated rings. The summed E-state index contributed by atoms with van der Waals surface area (Å²) in [7, 11) is 1.55. The van der Waals surface area contributed by atoms with Crippen molar-refractivity contribution >= 4 is 23.3 Å². The lowest BCUT2D eigenvalue weighted by atomic mass is 10.0. The molecular formula is C11H18N4O5S. The third-order valence-corrected chi connectivity index (χ3v) is 3.98. The maximum Gasteiger partial charge on any atom is 0.279 e. The molecule has 0 aliphatic carbocycles. The Balaban J connectivity index is 2.28. The van der Waals surface area contributed by atoms with Crippen LogP contribution in [0.5, 0.6) is 0 Å². The van der Waals surface area contributed by atoms with Gasteiger partial charge in [0.2, 0.25) is 0 Å². The average molecular weight is 318 g/mol. The number of aliphatic hydroxyl groups excluding tert-OH is 3. The highest BCUT2D eigenvalue weighted by Gasteiger charge is 2.38. The van der Waals surface area contributed by atoms with Gasteiger partial charge < -0.3 is 31.1 Å². The van der Waals surface area contributed by atoms with E-state index in [4.69, 9.17) is 10.5 Å². The van der Waals surface area contributed by atoms with E-state index in [-0.39, 0.29) is 18.1 Å². The molecule has 1 saturated heterocycles. The van der Waals surface area contributed by atoms with E-state index < -0.39 is 30.1 Å². The van der Waals surface area contributed by atoms with Crippen LogP contribution < -0.4 is 16.6 Å². The van der Waals surface area contributed by atoms with Crippen LogP contribution in [-0.4, -0.2) is 62.3 Å². The summed E-state index contributed by atoms with van der Waals surface area (Å²) in [6.45, 7) is -0.157. The summed E-state index contributed by atoms with van der Waals surface area (Å²) in [5.74, 6) is 0.0649. The van der Waals surface area contributed by atoms with Crippen LogP contribution in [-0.2, 0) is 11.8 Å². The summed E-state index contributed by atoms with van der Waals surface area (Å²) in [6.07, 6.45) is -3.18. The monoisotopic (exact) mass is 318 g/mol. The average Bonchev–Trinajstić information content (AvgIpc) is 2.48. The molecule has 2 heterocycles. The van der Waals surface area contributed by atoms with Crippen LogP contribution in [0.4, 0.5) is 11.5 Å². The number of hydrogen-bond donors (Lipinski definition) is 5. The first kappa shape index (κ1) is 16.0. The second-order valence-corrected chi connectivity index (χ2v) is 5.45. The fourth-order valence-corrected chi connectivity index (χ4v) is 2.50. The molecule has 118 valence electrons. The van der Waals surface area contributed by atoms with E-state index in [2.05, 4.69) is 10.3 Å². The van der Waals surface area contributed by atoms with Crippen molar-refractivity contribution in [1.82, 2.24) is 9.55 Å². The molecule has 10 heteroatoms. The Morgan fingerprint density at radius 1 is 1.43 bits per heavy atom. The number of nitrogens with two attached hydrogens (primary N) is 1. The minimum atomic E-state index is -1.38. The zero-order chi connectivity index (χ0) is 15.7. The van der Waals surface area contributed by atoms with Crippen LogP contribution in [0.25, 0.3) is 0 Å². The van der Waals surface area contributed by atoms with Gasteiger partial charge in [-0.3, -0.25) is 9.36 Å². The highest BCUT2D eigenvalue weighted by Crippen LogP contribution is 2.21. The number of aromatic nitrogens is 2. The van der Waals surface area contributed by atoms with Gasteiger partial charge in [-0.05, 0) is 6.26 Å². The Morgan fingerprint density at radius 3 is 2.71 bits per heavy atom. The van der Waals surface area contributed by atoms with Crippen molar-refractivity contribution < 1.29 is 20.1 Å². The van der Waals surface area contributed by atoms with Crippen molar-refractivity contribution in [1.29, 1.82) is 0 Å². The fourth-order valence-electron chi connectivity index (χ4n) is 1.96. The Bertz CT molecular complexity index is 580. The van der Waals surface area contributed by atoms with E-state index in [1.54, 1.807) is 13.3 Å². The third-order valence-electron chi connectivity index (χ3n) is 3.25. The lowest BCUT2D eigenvalue weighted by molar-refractivity contribution is -0.178. The van der Waals surface area contributed by atoms with Crippen molar-refractivity contribution in [2.75, 3.05) is 23.9 Å². The van der Waals surface area contributed by atoms with Gasteiger partial charge in [-0.25, -0.2) is 4.98 Å². The SMILES string of the molecule is CSc1nc(N[C@@H]2OC[C@@H](O)[C@@H](O)[C@@H]2O)c(N)c(=O)n1C. The van der Waals surface area contributed by atoms with Gasteiger partial charge in [-0.2, -0.15) is 0 Å². The van der Waals surface area contributed by atoms with Gasteiger partial charge in [0.15, 0.2) is 17.2 Å². The highest BCUT2D eigenvalue weighted by molar-refractivity contribution is 7.98. The molecule has 0 amide bonds. The number of nitrogens with one attached hydrogen (secondary N) is 1. The molecule has 1 aromatic rings. The quantitative estimate of drug-likeness (QED) is 0.314. The number of aliphatic hydroxyl groups is 3. The van der Waals surface area contributed by atoms with E-state index in [0.29, 0.717) is 5.16 Å². The summed E-state index contributed by atoms with van der Waals surface area (Å²) in [5.41, 5.74) is 5.17. The normalized spacial score (nSPS) is 29.4. The van der Waals surface area contributed by atoms with E-state index in [9.17, 15) is 20.1 Å². The van der Waals surface area contributed by atoms with E-state index in [0.717, 1.165) is 0 Å². The van der Waals surface area contributed by atoms with Crippen molar-refractivity contribution in [3.63, 3.8) is 0 Å². The number of ether oxygens (including phenoxy) is 1. The second-order valence-electron chi connectivity index (χ2n) is 4.67. The molecule has 1 aliphatic heterocycles. The van der Waals surface area contributed by atoms with Gasteiger partial charge >= 0.3 is 0 Å². The van der Waals surface area contributed by atoms with Gasteiger partial charge in [-0.1, -0.05) is 11.8 Å². The van der Waals surface area contributed by atoms with Crippen LogP contribution in [0.1, 0.15) is 0 Å². The van der Waals surface area contributed by atoms with Gasteiger partial charge in [0.25, 0.3) is 5.56 Å². The number of anilines is 2. The van der Waals surface area contributed by atoms with E-state index in [1.807, 2.05) is 0 Å². The summed E-state index contributed by atoms with van der Waals surface area (Å²) >= 11 is 1.26. The number of rotatable bonds is 3. The van der Waals surface area contributed by atoms with Crippen molar-refractivity contribution in [2.45, 2.75) is 29.7 Å². The predicted octanol–water partition coefficient (Wildman–Crippen LogP) is -2.06. The summed E-state index contributed by atoms with van der Waals surface area (Å²) < 4.78 is 6.50. The lowest BCUT2D eigenvalue weighted by Crippen LogP contribution is -2.55. The molecule has 21 heavy (non-hydrogen) atoms. The van der Waals surface area contributed by atoms with Crippen LogP contribution >= 0.6 is 11.8 Å². The second kappa shape index (κ2) is 6.20. The molecule has 0 spiro atoms. The molecule has 0 unspecified atom stereocenters. The maximum absolute atomic E-state index is 12.0. The van der Waals surface area contributed by atoms with Gasteiger partial charge in [-0.15, -0.1) is 0 Å². The number of nitrogens with zero attached hydrogens (tertiary/aromatic N) is 2. The van der Waals surface area contributed by atoms with E-state index in [1.165, 1.54) is 16.3 Å². The van der Waals surface area contributed by atoms with E-state index >= 15 is 0 Å². The molecule has 2 rings (SSSR count). The molecular weight excluding hydrogens is 300 g/mol. The molecule has 1 aliphatic rings. The van der Waals surface area contributed by atoms with Crippen molar-refractivity contribution in [3.05, 3.63) is 10.4 Å². The molecule has 1 aromatic heterocycles. The molecule has 0 bridgehead atoms. The smallest absolute Gasteiger partial charge is 0.279 e. The van der Waals surface area contributed by atoms with Crippen LogP contribution in [0.2, 0.25) is 0 Å². The molecule has 0 radical (unpaired) electrons. The minimum Gasteiger partial charge on any atom is -0.391 e. The molecule has 0 aromatic carbocycles. The summed E-state index contributed by atoms with van der Waals surface area (Å²) in [5, 5.41) is 32.0. The van der Waals surface area contributed by atoms with Gasteiger partial charge in [0, 0.05) is 7.05 Å². The van der Waals surface area contributed by atoms with Crippen LogP contribution in [0, 0.1) is 0 Å². The third kappa shape index (κ3) is 2.99. The molecule has 6 N–H and O–H groups in total. The number of thioether (sulfide) groups is 1. The minimum absolute atomic E-state index is 0.0649. The first-order chi connectivity index (χ1) is 9.86. The summed E-state index contributed by atoms with van der Waals surface area (Å²) in [4.78, 5) is 16.1. The first-order valence-corrected chi connectivity index (χ1v) is 7.42. The number of hydrogen-bond acceptors (Lipinski definition) is 9. The van der Waals surface area contributed by atoms with Gasteiger partial charge in [0.1, 0.15) is 24.0 Å². The highest BCUT2D eigenvalue weighted by atomic mass is 32.2. The Hall–Kier alpha value is -1.33. The first-order valence-electron chi connectivity index (χ1n) is 6.19. The maximum atomic E-state index is 12.0. The van der Waals surface area contributed by atoms with Crippen LogP contribution in [0.3, 0.4) is 0 Å². The molecule has 9 nitrogen and oxygen atoms in total. The number of nitrogen functional groups attached to an aromatic ring is 1.